The lowest BCUT2D eigenvalue weighted by molar-refractivity contribution is -0.187. The highest BCUT2D eigenvalue weighted by atomic mass is 16.7. The minimum absolute atomic E-state index is 0.133. The van der Waals surface area contributed by atoms with Crippen molar-refractivity contribution in [2.24, 2.45) is 0 Å². The summed E-state index contributed by atoms with van der Waals surface area (Å²) < 4.78 is 11.0. The maximum atomic E-state index is 11.6. The van der Waals surface area contributed by atoms with Crippen molar-refractivity contribution in [2.75, 3.05) is 0 Å². The number of para-hydroxylation sites is 1. The highest BCUT2D eigenvalue weighted by Gasteiger charge is 2.43. The lowest BCUT2D eigenvalue weighted by atomic mass is 10.2. The average molecular weight is 273 g/mol. The molecular formula is C15H15NO4. The molecule has 2 aromatic rings. The van der Waals surface area contributed by atoms with E-state index in [2.05, 4.69) is 4.98 Å². The Labute approximate surface area is 116 Å². The van der Waals surface area contributed by atoms with E-state index in [0.717, 1.165) is 0 Å². The molecule has 20 heavy (non-hydrogen) atoms. The molecule has 0 aliphatic rings. The van der Waals surface area contributed by atoms with Crippen LogP contribution in [0.25, 0.3) is 0 Å². The fourth-order valence-corrected chi connectivity index (χ4v) is 1.66. The number of aliphatic carboxylic acids is 1. The monoisotopic (exact) mass is 273 g/mol. The van der Waals surface area contributed by atoms with E-state index in [9.17, 15) is 9.90 Å². The summed E-state index contributed by atoms with van der Waals surface area (Å²) >= 11 is 0. The van der Waals surface area contributed by atoms with Gasteiger partial charge in [0.15, 0.2) is 0 Å². The molecule has 0 amide bonds. The minimum atomic E-state index is -1.80. The van der Waals surface area contributed by atoms with Gasteiger partial charge in [-0.05, 0) is 18.2 Å². The van der Waals surface area contributed by atoms with Gasteiger partial charge in [0, 0.05) is 18.7 Å². The second-order valence-corrected chi connectivity index (χ2v) is 4.10. The third-order valence-electron chi connectivity index (χ3n) is 2.72. The largest absolute Gasteiger partial charge is 0.475 e. The number of carbonyl (C=O) groups is 1. The zero-order valence-electron chi connectivity index (χ0n) is 11.0. The van der Waals surface area contributed by atoms with Gasteiger partial charge in [0.05, 0.1) is 0 Å². The first-order chi connectivity index (χ1) is 9.66. The van der Waals surface area contributed by atoms with Crippen molar-refractivity contribution in [3.63, 3.8) is 0 Å². The van der Waals surface area contributed by atoms with Crippen molar-refractivity contribution in [3.05, 3.63) is 54.7 Å². The summed E-state index contributed by atoms with van der Waals surface area (Å²) in [5.74, 6) is -2.37. The van der Waals surface area contributed by atoms with E-state index >= 15 is 0 Å². The molecule has 5 heteroatoms. The first-order valence-electron chi connectivity index (χ1n) is 6.24. The lowest BCUT2D eigenvalue weighted by Crippen LogP contribution is -2.49. The quantitative estimate of drug-likeness (QED) is 0.819. The van der Waals surface area contributed by atoms with Crippen LogP contribution in [0.5, 0.6) is 11.6 Å². The van der Waals surface area contributed by atoms with Crippen LogP contribution in [0.4, 0.5) is 0 Å². The number of carboxylic acid groups (broad SMARTS) is 1. The standard InChI is InChI=1S/C15H15NO4/c1-2-15(14(17)18,19-12-8-4-3-5-9-12)20-13-10-6-7-11-16-13/h3-11H,2H2,1H3,(H,17,18). The van der Waals surface area contributed by atoms with Crippen LogP contribution in [0.1, 0.15) is 13.3 Å². The lowest BCUT2D eigenvalue weighted by Gasteiger charge is -2.29. The Bertz CT molecular complexity index is 515. The van der Waals surface area contributed by atoms with Crippen LogP contribution < -0.4 is 9.47 Å². The second kappa shape index (κ2) is 6.06. The Morgan fingerprint density at radius 2 is 1.85 bits per heavy atom. The smallest absolute Gasteiger partial charge is 0.390 e. The first-order valence-corrected chi connectivity index (χ1v) is 6.24. The van der Waals surface area contributed by atoms with Gasteiger partial charge in [0.1, 0.15) is 5.75 Å². The number of nitrogens with zero attached hydrogens (tertiary/aromatic N) is 1. The molecule has 0 aliphatic carbocycles. The third-order valence-corrected chi connectivity index (χ3v) is 2.72. The summed E-state index contributed by atoms with van der Waals surface area (Å²) in [6.45, 7) is 1.68. The molecule has 1 N–H and O–H groups in total. The van der Waals surface area contributed by atoms with Crippen LogP contribution in [-0.4, -0.2) is 21.8 Å². The van der Waals surface area contributed by atoms with Crippen molar-refractivity contribution in [3.8, 4) is 11.6 Å². The topological polar surface area (TPSA) is 68.7 Å². The van der Waals surface area contributed by atoms with Crippen LogP contribution in [0, 0.1) is 0 Å². The van der Waals surface area contributed by atoms with E-state index in [1.165, 1.54) is 6.20 Å². The summed E-state index contributed by atoms with van der Waals surface area (Å²) in [5.41, 5.74) is 0. The van der Waals surface area contributed by atoms with Crippen LogP contribution in [0.2, 0.25) is 0 Å². The predicted molar refractivity (Wildman–Crippen MR) is 72.6 cm³/mol. The zero-order valence-corrected chi connectivity index (χ0v) is 11.0. The molecule has 2 rings (SSSR count). The summed E-state index contributed by atoms with van der Waals surface area (Å²) in [7, 11) is 0. The number of carboxylic acids is 1. The first kappa shape index (κ1) is 13.9. The van der Waals surface area contributed by atoms with E-state index in [-0.39, 0.29) is 12.3 Å². The number of hydrogen-bond donors (Lipinski definition) is 1. The van der Waals surface area contributed by atoms with Crippen molar-refractivity contribution < 1.29 is 19.4 Å². The van der Waals surface area contributed by atoms with Crippen LogP contribution in [-0.2, 0) is 4.79 Å². The summed E-state index contributed by atoms with van der Waals surface area (Å²) in [6.07, 6.45) is 1.66. The molecule has 0 bridgehead atoms. The normalized spacial score (nSPS) is 13.2. The molecule has 1 atom stereocenters. The van der Waals surface area contributed by atoms with E-state index in [1.807, 2.05) is 6.07 Å². The summed E-state index contributed by atoms with van der Waals surface area (Å²) in [4.78, 5) is 15.6. The van der Waals surface area contributed by atoms with Crippen LogP contribution >= 0.6 is 0 Å². The molecule has 0 fully saturated rings. The van der Waals surface area contributed by atoms with Gasteiger partial charge in [-0.3, -0.25) is 0 Å². The number of aromatic nitrogens is 1. The van der Waals surface area contributed by atoms with Crippen molar-refractivity contribution in [1.29, 1.82) is 0 Å². The number of benzene rings is 1. The molecule has 0 radical (unpaired) electrons. The Kier molecular flexibility index (Phi) is 4.20. The molecule has 1 heterocycles. The van der Waals surface area contributed by atoms with E-state index in [0.29, 0.717) is 5.75 Å². The maximum Gasteiger partial charge on any atom is 0.390 e. The predicted octanol–water partition coefficient (Wildman–Crippen LogP) is 2.73. The zero-order chi connectivity index (χ0) is 14.4. The molecular weight excluding hydrogens is 258 g/mol. The Morgan fingerprint density at radius 1 is 1.15 bits per heavy atom. The Balaban J connectivity index is 2.28. The van der Waals surface area contributed by atoms with Gasteiger partial charge >= 0.3 is 11.8 Å². The molecule has 0 spiro atoms. The molecule has 5 nitrogen and oxygen atoms in total. The van der Waals surface area contributed by atoms with Crippen molar-refractivity contribution >= 4 is 5.97 Å². The fraction of sp³-hybridized carbons (Fsp3) is 0.200. The number of rotatable bonds is 6. The van der Waals surface area contributed by atoms with Gasteiger partial charge < -0.3 is 14.6 Å². The van der Waals surface area contributed by atoms with Crippen LogP contribution in [0.3, 0.4) is 0 Å². The Hall–Kier alpha value is -2.56. The molecule has 104 valence electrons. The van der Waals surface area contributed by atoms with Crippen molar-refractivity contribution in [2.45, 2.75) is 19.1 Å². The Morgan fingerprint density at radius 3 is 2.40 bits per heavy atom. The van der Waals surface area contributed by atoms with Gasteiger partial charge in [-0.2, -0.15) is 0 Å². The van der Waals surface area contributed by atoms with E-state index in [4.69, 9.17) is 9.47 Å². The average Bonchev–Trinajstić information content (AvgIpc) is 2.48. The van der Waals surface area contributed by atoms with Gasteiger partial charge in [-0.25, -0.2) is 9.78 Å². The maximum absolute atomic E-state index is 11.6. The number of pyridine rings is 1. The fourth-order valence-electron chi connectivity index (χ4n) is 1.66. The van der Waals surface area contributed by atoms with Gasteiger partial charge in [-0.15, -0.1) is 0 Å². The van der Waals surface area contributed by atoms with Gasteiger partial charge in [0.2, 0.25) is 5.88 Å². The second-order valence-electron chi connectivity index (χ2n) is 4.10. The van der Waals surface area contributed by atoms with E-state index < -0.39 is 11.8 Å². The summed E-state index contributed by atoms with van der Waals surface area (Å²) in [6, 6.07) is 13.7. The number of ether oxygens (including phenoxy) is 2. The third kappa shape index (κ3) is 3.06. The molecule has 0 saturated heterocycles. The van der Waals surface area contributed by atoms with E-state index in [1.54, 1.807) is 49.4 Å². The molecule has 1 aromatic heterocycles. The highest BCUT2D eigenvalue weighted by molar-refractivity contribution is 5.76. The molecule has 0 aliphatic heterocycles. The SMILES string of the molecule is CCC(Oc1ccccc1)(Oc1ccccn1)C(=O)O. The van der Waals surface area contributed by atoms with Gasteiger partial charge in [0.25, 0.3) is 0 Å². The van der Waals surface area contributed by atoms with Crippen LogP contribution in [0.15, 0.2) is 54.7 Å². The molecule has 0 saturated carbocycles. The van der Waals surface area contributed by atoms with Gasteiger partial charge in [-0.1, -0.05) is 31.2 Å². The summed E-state index contributed by atoms with van der Waals surface area (Å²) in [5, 5.41) is 9.47. The highest BCUT2D eigenvalue weighted by Crippen LogP contribution is 2.24. The molecule has 1 unspecified atom stereocenters. The minimum Gasteiger partial charge on any atom is -0.475 e. The molecule has 1 aromatic carbocycles. The number of hydrogen-bond acceptors (Lipinski definition) is 4. The van der Waals surface area contributed by atoms with Crippen molar-refractivity contribution in [1.82, 2.24) is 4.98 Å².